The molecule has 0 aliphatic heterocycles. The third-order valence-corrected chi connectivity index (χ3v) is 2.78. The van der Waals surface area contributed by atoms with Gasteiger partial charge in [0.2, 0.25) is 0 Å². The molecule has 1 aromatic carbocycles. The maximum atomic E-state index is 13.4. The van der Waals surface area contributed by atoms with E-state index < -0.39 is 11.7 Å². The van der Waals surface area contributed by atoms with Gasteiger partial charge in [0.15, 0.2) is 11.6 Å². The van der Waals surface area contributed by atoms with Crippen molar-refractivity contribution in [1.29, 1.82) is 0 Å². The molecule has 5 nitrogen and oxygen atoms in total. The van der Waals surface area contributed by atoms with Crippen molar-refractivity contribution in [1.82, 2.24) is 4.98 Å². The third kappa shape index (κ3) is 2.18. The van der Waals surface area contributed by atoms with Gasteiger partial charge in [-0.3, -0.25) is 9.78 Å². The zero-order valence-corrected chi connectivity index (χ0v) is 10.3. The number of nitrogens with zero attached hydrogens (tertiary/aromatic N) is 1. The molecule has 0 fully saturated rings. The van der Waals surface area contributed by atoms with Crippen molar-refractivity contribution >= 4 is 28.3 Å². The van der Waals surface area contributed by atoms with E-state index in [4.69, 9.17) is 10.2 Å². The zero-order chi connectivity index (χ0) is 14.1. The summed E-state index contributed by atoms with van der Waals surface area (Å²) in [4.78, 5) is 15.6. The minimum absolute atomic E-state index is 0.0463. The smallest absolute Gasteiger partial charge is 0.291 e. The third-order valence-electron chi connectivity index (χ3n) is 2.78. The molecule has 0 saturated carbocycles. The van der Waals surface area contributed by atoms with E-state index in [2.05, 4.69) is 10.3 Å². The van der Waals surface area contributed by atoms with Crippen molar-refractivity contribution in [3.8, 4) is 0 Å². The van der Waals surface area contributed by atoms with E-state index in [1.54, 1.807) is 24.3 Å². The first kappa shape index (κ1) is 12.2. The molecule has 0 saturated heterocycles. The maximum absolute atomic E-state index is 13.4. The van der Waals surface area contributed by atoms with Crippen molar-refractivity contribution in [3.05, 3.63) is 54.3 Å². The second-order valence-corrected chi connectivity index (χ2v) is 4.22. The van der Waals surface area contributed by atoms with E-state index in [0.717, 1.165) is 6.20 Å². The first-order chi connectivity index (χ1) is 9.63. The number of nitrogens with two attached hydrogens (primary N) is 1. The Kier molecular flexibility index (Phi) is 2.83. The molecule has 0 bridgehead atoms. The lowest BCUT2D eigenvalue weighted by Gasteiger charge is -2.02. The number of hydrogen-bond donors (Lipinski definition) is 2. The van der Waals surface area contributed by atoms with E-state index >= 15 is 0 Å². The average molecular weight is 271 g/mol. The number of halogens is 1. The quantitative estimate of drug-likeness (QED) is 0.702. The van der Waals surface area contributed by atoms with Crippen molar-refractivity contribution in [2.24, 2.45) is 0 Å². The molecule has 0 aliphatic rings. The Morgan fingerprint density at radius 1 is 1.30 bits per heavy atom. The Morgan fingerprint density at radius 3 is 2.95 bits per heavy atom. The Bertz CT molecular complexity index is 798. The number of fused-ring (bicyclic) bond motifs is 1. The molecule has 2 aromatic heterocycles. The molecule has 0 radical (unpaired) electrons. The maximum Gasteiger partial charge on any atom is 0.291 e. The number of nitrogens with one attached hydrogen (secondary N) is 1. The van der Waals surface area contributed by atoms with E-state index in [-0.39, 0.29) is 11.4 Å². The fourth-order valence-corrected chi connectivity index (χ4v) is 1.83. The number of anilines is 2. The second-order valence-electron chi connectivity index (χ2n) is 4.22. The van der Waals surface area contributed by atoms with Crippen LogP contribution in [-0.2, 0) is 0 Å². The molecule has 3 N–H and O–H groups in total. The summed E-state index contributed by atoms with van der Waals surface area (Å²) in [5.41, 5.74) is 6.82. The summed E-state index contributed by atoms with van der Waals surface area (Å²) >= 11 is 0. The summed E-state index contributed by atoms with van der Waals surface area (Å²) in [6.07, 6.45) is 2.41. The van der Waals surface area contributed by atoms with Crippen molar-refractivity contribution in [3.63, 3.8) is 0 Å². The molecule has 0 spiro atoms. The van der Waals surface area contributed by atoms with Crippen LogP contribution in [0.15, 0.2) is 47.1 Å². The van der Waals surface area contributed by atoms with Crippen molar-refractivity contribution in [2.45, 2.75) is 0 Å². The molecular formula is C14H10FN3O2. The molecule has 0 unspecified atom stereocenters. The molecule has 3 rings (SSSR count). The summed E-state index contributed by atoms with van der Waals surface area (Å²) in [6.45, 7) is 0. The molecule has 6 heteroatoms. The predicted molar refractivity (Wildman–Crippen MR) is 72.8 cm³/mol. The van der Waals surface area contributed by atoms with Gasteiger partial charge in [0.1, 0.15) is 5.58 Å². The number of amides is 1. The van der Waals surface area contributed by atoms with Crippen LogP contribution in [0.2, 0.25) is 0 Å². The highest BCUT2D eigenvalue weighted by Crippen LogP contribution is 2.22. The van der Waals surface area contributed by atoms with Crippen LogP contribution in [0.1, 0.15) is 10.6 Å². The van der Waals surface area contributed by atoms with Gasteiger partial charge in [-0.25, -0.2) is 4.39 Å². The highest BCUT2D eigenvalue weighted by Gasteiger charge is 2.14. The minimum Gasteiger partial charge on any atom is -0.451 e. The van der Waals surface area contributed by atoms with Crippen LogP contribution in [0.4, 0.5) is 15.8 Å². The van der Waals surface area contributed by atoms with E-state index in [1.165, 1.54) is 12.3 Å². The first-order valence-electron chi connectivity index (χ1n) is 5.83. The fourth-order valence-electron chi connectivity index (χ4n) is 1.83. The van der Waals surface area contributed by atoms with Gasteiger partial charge in [-0.05, 0) is 30.3 Å². The van der Waals surface area contributed by atoms with Gasteiger partial charge in [-0.15, -0.1) is 0 Å². The van der Waals surface area contributed by atoms with Crippen LogP contribution >= 0.6 is 0 Å². The molecule has 20 heavy (non-hydrogen) atoms. The second kappa shape index (κ2) is 4.65. The highest BCUT2D eigenvalue weighted by atomic mass is 19.1. The standard InChI is InChI=1S/C14H10FN3O2/c15-10-7-17-4-3-11(10)18-14(19)13-6-8-5-9(16)1-2-12(8)20-13/h1-7H,16H2,(H,17,18,19). The molecule has 3 aromatic rings. The van der Waals surface area contributed by atoms with Gasteiger partial charge in [0, 0.05) is 17.3 Å². The van der Waals surface area contributed by atoms with Crippen LogP contribution in [0.25, 0.3) is 11.0 Å². The molecule has 1 amide bonds. The summed E-state index contributed by atoms with van der Waals surface area (Å²) < 4.78 is 18.8. The van der Waals surface area contributed by atoms with E-state index in [1.807, 2.05) is 0 Å². The number of carbonyl (C=O) groups is 1. The Hall–Kier alpha value is -2.89. The lowest BCUT2D eigenvalue weighted by molar-refractivity contribution is 0.0998. The van der Waals surface area contributed by atoms with Crippen LogP contribution < -0.4 is 11.1 Å². The van der Waals surface area contributed by atoms with Crippen LogP contribution in [-0.4, -0.2) is 10.9 Å². The van der Waals surface area contributed by atoms with Crippen LogP contribution in [0.5, 0.6) is 0 Å². The predicted octanol–water partition coefficient (Wildman–Crippen LogP) is 2.80. The van der Waals surface area contributed by atoms with Gasteiger partial charge in [-0.2, -0.15) is 0 Å². The lowest BCUT2D eigenvalue weighted by Crippen LogP contribution is -2.12. The topological polar surface area (TPSA) is 81.1 Å². The van der Waals surface area contributed by atoms with Gasteiger partial charge in [0.05, 0.1) is 11.9 Å². The first-order valence-corrected chi connectivity index (χ1v) is 5.83. The van der Waals surface area contributed by atoms with Gasteiger partial charge >= 0.3 is 0 Å². The normalized spacial score (nSPS) is 10.7. The molecule has 100 valence electrons. The number of carbonyl (C=O) groups excluding carboxylic acids is 1. The number of furan rings is 1. The number of aromatic nitrogens is 1. The van der Waals surface area contributed by atoms with Crippen LogP contribution in [0.3, 0.4) is 0 Å². The Balaban J connectivity index is 1.91. The Labute approximate surface area is 113 Å². The van der Waals surface area contributed by atoms with Gasteiger partial charge in [-0.1, -0.05) is 0 Å². The summed E-state index contributed by atoms with van der Waals surface area (Å²) in [6, 6.07) is 7.97. The number of benzene rings is 1. The Morgan fingerprint density at radius 2 is 2.15 bits per heavy atom. The molecular weight excluding hydrogens is 261 g/mol. The number of pyridine rings is 1. The largest absolute Gasteiger partial charge is 0.451 e. The lowest BCUT2D eigenvalue weighted by atomic mass is 10.2. The summed E-state index contributed by atoms with van der Waals surface area (Å²) in [7, 11) is 0. The van der Waals surface area contributed by atoms with Gasteiger partial charge in [0.25, 0.3) is 5.91 Å². The van der Waals surface area contributed by atoms with Crippen molar-refractivity contribution < 1.29 is 13.6 Å². The van der Waals surface area contributed by atoms with Crippen LogP contribution in [0, 0.1) is 5.82 Å². The average Bonchev–Trinajstić information content (AvgIpc) is 2.84. The van der Waals surface area contributed by atoms with Crippen molar-refractivity contribution in [2.75, 3.05) is 11.1 Å². The summed E-state index contributed by atoms with van der Waals surface area (Å²) in [5.74, 6) is -1.06. The minimum atomic E-state index is -0.610. The number of rotatable bonds is 2. The SMILES string of the molecule is Nc1ccc2oc(C(=O)Nc3ccncc3F)cc2c1. The van der Waals surface area contributed by atoms with E-state index in [0.29, 0.717) is 16.7 Å². The van der Waals surface area contributed by atoms with Gasteiger partial charge < -0.3 is 15.5 Å². The molecule has 0 aliphatic carbocycles. The van der Waals surface area contributed by atoms with E-state index in [9.17, 15) is 9.18 Å². The number of nitrogen functional groups attached to an aromatic ring is 1. The molecule has 2 heterocycles. The monoisotopic (exact) mass is 271 g/mol. The summed E-state index contributed by atoms with van der Waals surface area (Å²) in [5, 5.41) is 3.14. The molecule has 0 atom stereocenters. The number of hydrogen-bond acceptors (Lipinski definition) is 4. The zero-order valence-electron chi connectivity index (χ0n) is 10.3. The fraction of sp³-hybridized carbons (Fsp3) is 0. The highest BCUT2D eigenvalue weighted by molar-refractivity contribution is 6.04.